The number of aliphatic hydroxyl groups is 1. The van der Waals surface area contributed by atoms with Crippen molar-refractivity contribution in [3.63, 3.8) is 0 Å². The molecule has 0 aliphatic rings. The highest BCUT2D eigenvalue weighted by Crippen LogP contribution is 2.12. The molecule has 111 valence electrons. The lowest BCUT2D eigenvalue weighted by Crippen LogP contribution is -2.26. The van der Waals surface area contributed by atoms with Crippen LogP contribution in [0.15, 0.2) is 54.6 Å². The minimum absolute atomic E-state index is 0.484. The summed E-state index contributed by atoms with van der Waals surface area (Å²) in [5, 5.41) is 13.2. The summed E-state index contributed by atoms with van der Waals surface area (Å²) in [7, 11) is 0. The van der Waals surface area contributed by atoms with Gasteiger partial charge in [-0.25, -0.2) is 0 Å². The number of hydrogen-bond acceptors (Lipinski definition) is 3. The van der Waals surface area contributed by atoms with E-state index >= 15 is 0 Å². The van der Waals surface area contributed by atoms with E-state index in [1.165, 1.54) is 5.56 Å². The average molecular weight is 284 g/mol. The molecule has 1 unspecified atom stereocenters. The second-order valence-corrected chi connectivity index (χ2v) is 4.87. The number of rotatable bonds is 8. The zero-order valence-corrected chi connectivity index (χ0v) is 12.2. The van der Waals surface area contributed by atoms with Crippen molar-refractivity contribution in [2.75, 3.05) is 19.7 Å². The molecule has 0 bridgehead atoms. The van der Waals surface area contributed by atoms with Crippen LogP contribution in [-0.4, -0.2) is 24.8 Å². The molecule has 3 heteroatoms. The standard InChI is InChI=1S/C18H22NO2/c1-2-15-8-10-17(11-9-15)21-13-12-19-14-18(20)16-6-4-3-5-7-16/h3-11,18-20H,1-2,12-14H2. The van der Waals surface area contributed by atoms with E-state index in [0.29, 0.717) is 19.7 Å². The molecule has 2 aromatic carbocycles. The largest absolute Gasteiger partial charge is 0.492 e. The van der Waals surface area contributed by atoms with E-state index in [1.54, 1.807) is 0 Å². The second-order valence-electron chi connectivity index (χ2n) is 4.87. The molecule has 21 heavy (non-hydrogen) atoms. The minimum atomic E-state index is -0.484. The molecule has 0 spiro atoms. The molecule has 0 amide bonds. The Morgan fingerprint density at radius 2 is 1.76 bits per heavy atom. The third-order valence-electron chi connectivity index (χ3n) is 3.28. The van der Waals surface area contributed by atoms with Gasteiger partial charge in [-0.3, -0.25) is 0 Å². The van der Waals surface area contributed by atoms with Crippen LogP contribution in [0, 0.1) is 6.92 Å². The first-order valence-corrected chi connectivity index (χ1v) is 7.24. The van der Waals surface area contributed by atoms with Crippen LogP contribution in [0.1, 0.15) is 17.2 Å². The fourth-order valence-electron chi connectivity index (χ4n) is 2.03. The molecule has 2 rings (SSSR count). The van der Waals surface area contributed by atoms with Crippen molar-refractivity contribution in [1.29, 1.82) is 0 Å². The van der Waals surface area contributed by atoms with Gasteiger partial charge in [-0.1, -0.05) is 42.5 Å². The number of aliphatic hydroxyl groups excluding tert-OH is 1. The Balaban J connectivity index is 1.63. The van der Waals surface area contributed by atoms with E-state index in [0.717, 1.165) is 17.7 Å². The molecule has 1 atom stereocenters. The van der Waals surface area contributed by atoms with Crippen molar-refractivity contribution in [1.82, 2.24) is 5.32 Å². The summed E-state index contributed by atoms with van der Waals surface area (Å²) < 4.78 is 5.63. The third-order valence-corrected chi connectivity index (χ3v) is 3.28. The predicted molar refractivity (Wildman–Crippen MR) is 85.3 cm³/mol. The van der Waals surface area contributed by atoms with Crippen molar-refractivity contribution >= 4 is 0 Å². The lowest BCUT2D eigenvalue weighted by atomic mass is 10.1. The van der Waals surface area contributed by atoms with Crippen LogP contribution in [0.2, 0.25) is 0 Å². The maximum atomic E-state index is 9.99. The van der Waals surface area contributed by atoms with Gasteiger partial charge in [0.2, 0.25) is 0 Å². The van der Waals surface area contributed by atoms with Gasteiger partial charge in [-0.15, -0.1) is 0 Å². The quantitative estimate of drug-likeness (QED) is 0.732. The fraction of sp³-hybridized carbons (Fsp3) is 0.278. The van der Waals surface area contributed by atoms with E-state index in [-0.39, 0.29) is 0 Å². The Bertz CT molecular complexity index is 511. The van der Waals surface area contributed by atoms with Gasteiger partial charge in [0.25, 0.3) is 0 Å². The molecule has 0 aliphatic heterocycles. The molecule has 0 saturated heterocycles. The molecule has 0 fully saturated rings. The molecule has 0 aromatic heterocycles. The molecular weight excluding hydrogens is 262 g/mol. The van der Waals surface area contributed by atoms with Crippen LogP contribution in [0.3, 0.4) is 0 Å². The number of hydrogen-bond donors (Lipinski definition) is 2. The fourth-order valence-corrected chi connectivity index (χ4v) is 2.03. The number of ether oxygens (including phenoxy) is 1. The summed E-state index contributed by atoms with van der Waals surface area (Å²) in [6.07, 6.45) is 0.307. The monoisotopic (exact) mass is 284 g/mol. The van der Waals surface area contributed by atoms with Crippen molar-refractivity contribution in [2.45, 2.75) is 12.5 Å². The Labute approximate surface area is 126 Å². The second kappa shape index (κ2) is 8.45. The Morgan fingerprint density at radius 3 is 2.43 bits per heavy atom. The molecular formula is C18H22NO2. The highest BCUT2D eigenvalue weighted by Gasteiger charge is 2.05. The zero-order valence-electron chi connectivity index (χ0n) is 12.2. The summed E-state index contributed by atoms with van der Waals surface area (Å²) >= 11 is 0. The van der Waals surface area contributed by atoms with Crippen LogP contribution < -0.4 is 10.1 Å². The Hall–Kier alpha value is -1.84. The van der Waals surface area contributed by atoms with Gasteiger partial charge in [0.15, 0.2) is 0 Å². The lowest BCUT2D eigenvalue weighted by molar-refractivity contribution is 0.172. The molecule has 0 saturated carbocycles. The number of benzene rings is 2. The van der Waals surface area contributed by atoms with Crippen molar-refractivity contribution in [3.05, 3.63) is 72.6 Å². The summed E-state index contributed by atoms with van der Waals surface area (Å²) in [5.41, 5.74) is 2.13. The average Bonchev–Trinajstić information content (AvgIpc) is 2.55. The highest BCUT2D eigenvalue weighted by atomic mass is 16.5. The molecule has 2 aromatic rings. The van der Waals surface area contributed by atoms with Gasteiger partial charge in [-0.2, -0.15) is 0 Å². The molecule has 1 radical (unpaired) electrons. The first kappa shape index (κ1) is 15.5. The molecule has 0 heterocycles. The van der Waals surface area contributed by atoms with Gasteiger partial charge in [0, 0.05) is 13.1 Å². The molecule has 0 aliphatic carbocycles. The highest BCUT2D eigenvalue weighted by molar-refractivity contribution is 5.27. The summed E-state index contributed by atoms with van der Waals surface area (Å²) in [4.78, 5) is 0. The normalized spacial score (nSPS) is 12.1. The Morgan fingerprint density at radius 1 is 1.05 bits per heavy atom. The first-order chi connectivity index (χ1) is 10.3. The topological polar surface area (TPSA) is 41.5 Å². The predicted octanol–water partition coefficient (Wildman–Crippen LogP) is 2.77. The maximum Gasteiger partial charge on any atom is 0.119 e. The summed E-state index contributed by atoms with van der Waals surface area (Å²) in [5.74, 6) is 0.859. The van der Waals surface area contributed by atoms with Gasteiger partial charge in [0.1, 0.15) is 12.4 Å². The van der Waals surface area contributed by atoms with E-state index < -0.39 is 6.10 Å². The molecule has 3 nitrogen and oxygen atoms in total. The summed E-state index contributed by atoms with van der Waals surface area (Å²) in [6, 6.07) is 17.6. The van der Waals surface area contributed by atoms with Gasteiger partial charge < -0.3 is 15.2 Å². The SMILES string of the molecule is [CH2]Cc1ccc(OCCNCC(O)c2ccccc2)cc1. The van der Waals surface area contributed by atoms with Gasteiger partial charge in [-0.05, 0) is 36.6 Å². The van der Waals surface area contributed by atoms with Gasteiger partial charge in [0.05, 0.1) is 6.10 Å². The van der Waals surface area contributed by atoms with Gasteiger partial charge >= 0.3 is 0 Å². The first-order valence-electron chi connectivity index (χ1n) is 7.24. The van der Waals surface area contributed by atoms with Crippen molar-refractivity contribution in [2.24, 2.45) is 0 Å². The minimum Gasteiger partial charge on any atom is -0.492 e. The van der Waals surface area contributed by atoms with Crippen LogP contribution in [0.4, 0.5) is 0 Å². The lowest BCUT2D eigenvalue weighted by Gasteiger charge is -2.12. The third kappa shape index (κ3) is 5.21. The van der Waals surface area contributed by atoms with Crippen molar-refractivity contribution < 1.29 is 9.84 Å². The zero-order chi connectivity index (χ0) is 14.9. The maximum absolute atomic E-state index is 9.99. The smallest absolute Gasteiger partial charge is 0.119 e. The van der Waals surface area contributed by atoms with Crippen LogP contribution in [0.5, 0.6) is 5.75 Å². The Kier molecular flexibility index (Phi) is 6.25. The molecule has 2 N–H and O–H groups in total. The van der Waals surface area contributed by atoms with Crippen LogP contribution in [0.25, 0.3) is 0 Å². The number of nitrogens with one attached hydrogen (secondary N) is 1. The summed E-state index contributed by atoms with van der Waals surface area (Å²) in [6.45, 7) is 5.63. The van der Waals surface area contributed by atoms with E-state index in [1.807, 2.05) is 54.6 Å². The van der Waals surface area contributed by atoms with E-state index in [2.05, 4.69) is 12.2 Å². The van der Waals surface area contributed by atoms with Crippen LogP contribution in [-0.2, 0) is 6.42 Å². The van der Waals surface area contributed by atoms with Crippen LogP contribution >= 0.6 is 0 Å². The van der Waals surface area contributed by atoms with E-state index in [9.17, 15) is 5.11 Å². The van der Waals surface area contributed by atoms with Crippen molar-refractivity contribution in [3.8, 4) is 5.75 Å². The van der Waals surface area contributed by atoms with E-state index in [4.69, 9.17) is 4.74 Å².